The number of hydrogen-bond acceptors (Lipinski definition) is 3. The van der Waals surface area contributed by atoms with Gasteiger partial charge in [0.1, 0.15) is 0 Å². The third-order valence-electron chi connectivity index (χ3n) is 6.66. The fourth-order valence-electron chi connectivity index (χ4n) is 4.62. The quantitative estimate of drug-likeness (QED) is 0.735. The van der Waals surface area contributed by atoms with Crippen molar-refractivity contribution in [3.8, 4) is 0 Å². The number of nitrogens with one attached hydrogen (secondary N) is 2. The molecule has 2 aromatic rings. The maximum atomic E-state index is 13.0. The number of carbonyl (C=O) groups excluding carboxylic acids is 1. The minimum atomic E-state index is -3.49. The molecule has 2 N–H and O–H groups in total. The molecule has 0 saturated carbocycles. The fourth-order valence-corrected chi connectivity index (χ4v) is 6.15. The van der Waals surface area contributed by atoms with Crippen LogP contribution in [0.2, 0.25) is 0 Å². The van der Waals surface area contributed by atoms with Gasteiger partial charge in [-0.3, -0.25) is 4.79 Å². The largest absolute Gasteiger partial charge is 0.344 e. The zero-order valence-corrected chi connectivity index (χ0v) is 19.2. The van der Waals surface area contributed by atoms with Gasteiger partial charge in [0.2, 0.25) is 10.0 Å². The minimum Gasteiger partial charge on any atom is -0.344 e. The minimum absolute atomic E-state index is 0.0437. The molecule has 4 rings (SSSR count). The first kappa shape index (κ1) is 22.0. The summed E-state index contributed by atoms with van der Waals surface area (Å²) in [5, 5.41) is 3.21. The summed E-state index contributed by atoms with van der Waals surface area (Å²) in [5.41, 5.74) is 4.63. The van der Waals surface area contributed by atoms with E-state index in [0.717, 1.165) is 35.3 Å². The van der Waals surface area contributed by atoms with E-state index in [-0.39, 0.29) is 11.9 Å². The smallest absolute Gasteiger partial charge is 0.275 e. The predicted molar refractivity (Wildman–Crippen MR) is 121 cm³/mol. The molecule has 1 heterocycles. The van der Waals surface area contributed by atoms with Crippen molar-refractivity contribution in [2.75, 3.05) is 32.7 Å². The molecule has 1 amide bonds. The molecular weight excluding hydrogens is 410 g/mol. The molecule has 2 aromatic carbocycles. The molecule has 1 aliphatic carbocycles. The van der Waals surface area contributed by atoms with Gasteiger partial charge < -0.3 is 10.2 Å². The summed E-state index contributed by atoms with van der Waals surface area (Å²) in [4.78, 5) is 14.2. The maximum Gasteiger partial charge on any atom is 0.275 e. The van der Waals surface area contributed by atoms with Crippen LogP contribution in [-0.2, 0) is 21.2 Å². The number of sulfonamides is 1. The highest BCUT2D eigenvalue weighted by Gasteiger charge is 2.32. The average molecular weight is 443 g/mol. The SMILES string of the molecule is Cc1ccc(S(=O)(=O)N2CC[NH+](CC(=O)N[C@@H]3CCCc4ccccc43)CC2)cc1C. The van der Waals surface area contributed by atoms with Crippen LogP contribution >= 0.6 is 0 Å². The van der Waals surface area contributed by atoms with Gasteiger partial charge in [0.25, 0.3) is 5.91 Å². The monoisotopic (exact) mass is 442 g/mol. The molecule has 2 aliphatic rings. The van der Waals surface area contributed by atoms with Crippen LogP contribution in [0.1, 0.15) is 41.1 Å². The molecule has 1 fully saturated rings. The molecule has 1 atom stereocenters. The number of fused-ring (bicyclic) bond motifs is 1. The van der Waals surface area contributed by atoms with Crippen molar-refractivity contribution in [3.05, 3.63) is 64.7 Å². The van der Waals surface area contributed by atoms with Crippen LogP contribution in [-0.4, -0.2) is 51.4 Å². The molecule has 0 radical (unpaired) electrons. The van der Waals surface area contributed by atoms with E-state index in [1.165, 1.54) is 11.1 Å². The Hall–Kier alpha value is -2.22. The number of amides is 1. The first-order valence-electron chi connectivity index (χ1n) is 11.1. The van der Waals surface area contributed by atoms with Crippen LogP contribution in [0.4, 0.5) is 0 Å². The third-order valence-corrected chi connectivity index (χ3v) is 8.56. The Labute approximate surface area is 185 Å². The van der Waals surface area contributed by atoms with Crippen LogP contribution in [0.5, 0.6) is 0 Å². The number of quaternary nitrogens is 1. The van der Waals surface area contributed by atoms with Crippen molar-refractivity contribution >= 4 is 15.9 Å². The Morgan fingerprint density at radius 3 is 2.58 bits per heavy atom. The van der Waals surface area contributed by atoms with Gasteiger partial charge in [0.05, 0.1) is 37.1 Å². The molecule has 0 unspecified atom stereocenters. The molecular formula is C24H32N3O3S+. The average Bonchev–Trinajstić information content (AvgIpc) is 2.76. The third kappa shape index (κ3) is 4.84. The molecule has 166 valence electrons. The van der Waals surface area contributed by atoms with Crippen molar-refractivity contribution < 1.29 is 18.1 Å². The number of hydrogen-bond donors (Lipinski definition) is 2. The highest BCUT2D eigenvalue weighted by atomic mass is 32.2. The van der Waals surface area contributed by atoms with E-state index < -0.39 is 10.0 Å². The number of rotatable bonds is 5. The normalized spacial score (nSPS) is 20.3. The van der Waals surface area contributed by atoms with Crippen molar-refractivity contribution in [2.24, 2.45) is 0 Å². The fraction of sp³-hybridized carbons (Fsp3) is 0.458. The van der Waals surface area contributed by atoms with Gasteiger partial charge in [-0.25, -0.2) is 8.42 Å². The van der Waals surface area contributed by atoms with Crippen LogP contribution in [0.3, 0.4) is 0 Å². The molecule has 0 bridgehead atoms. The zero-order chi connectivity index (χ0) is 22.0. The number of benzene rings is 2. The maximum absolute atomic E-state index is 13.0. The topological polar surface area (TPSA) is 70.9 Å². The number of aryl methyl sites for hydroxylation is 3. The van der Waals surface area contributed by atoms with Gasteiger partial charge in [-0.15, -0.1) is 0 Å². The summed E-state index contributed by atoms with van der Waals surface area (Å²) in [7, 11) is -3.49. The van der Waals surface area contributed by atoms with Crippen LogP contribution in [0.15, 0.2) is 47.4 Å². The van der Waals surface area contributed by atoms with E-state index >= 15 is 0 Å². The van der Waals surface area contributed by atoms with Crippen molar-refractivity contribution in [1.82, 2.24) is 9.62 Å². The molecule has 1 saturated heterocycles. The van der Waals surface area contributed by atoms with Crippen molar-refractivity contribution in [3.63, 3.8) is 0 Å². The Morgan fingerprint density at radius 2 is 1.84 bits per heavy atom. The van der Waals surface area contributed by atoms with E-state index in [0.29, 0.717) is 37.6 Å². The summed E-state index contributed by atoms with van der Waals surface area (Å²) < 4.78 is 27.5. The lowest BCUT2D eigenvalue weighted by Gasteiger charge is -2.32. The van der Waals surface area contributed by atoms with Crippen LogP contribution < -0.4 is 10.2 Å². The number of piperazine rings is 1. The lowest BCUT2D eigenvalue weighted by Crippen LogP contribution is -3.15. The van der Waals surface area contributed by atoms with Gasteiger partial charge in [0.15, 0.2) is 6.54 Å². The second-order valence-corrected chi connectivity index (χ2v) is 10.7. The Balaban J connectivity index is 1.32. The molecule has 6 nitrogen and oxygen atoms in total. The Kier molecular flexibility index (Phi) is 6.46. The van der Waals surface area contributed by atoms with E-state index in [4.69, 9.17) is 0 Å². The molecule has 0 spiro atoms. The van der Waals surface area contributed by atoms with Gasteiger partial charge in [0, 0.05) is 0 Å². The van der Waals surface area contributed by atoms with E-state index in [2.05, 4.69) is 23.5 Å². The molecule has 0 aromatic heterocycles. The predicted octanol–water partition coefficient (Wildman–Crippen LogP) is 1.39. The zero-order valence-electron chi connectivity index (χ0n) is 18.4. The second-order valence-electron chi connectivity index (χ2n) is 8.79. The van der Waals surface area contributed by atoms with Crippen LogP contribution in [0.25, 0.3) is 0 Å². The first-order valence-corrected chi connectivity index (χ1v) is 12.6. The van der Waals surface area contributed by atoms with Crippen molar-refractivity contribution in [2.45, 2.75) is 44.0 Å². The summed E-state index contributed by atoms with van der Waals surface area (Å²) in [5.74, 6) is 0.0437. The molecule has 31 heavy (non-hydrogen) atoms. The lowest BCUT2D eigenvalue weighted by atomic mass is 9.88. The molecule has 1 aliphatic heterocycles. The van der Waals surface area contributed by atoms with Gasteiger partial charge >= 0.3 is 0 Å². The Morgan fingerprint density at radius 1 is 1.10 bits per heavy atom. The second kappa shape index (κ2) is 9.10. The first-order chi connectivity index (χ1) is 14.8. The number of nitrogens with zero attached hydrogens (tertiary/aromatic N) is 1. The van der Waals surface area contributed by atoms with Gasteiger partial charge in [-0.2, -0.15) is 4.31 Å². The van der Waals surface area contributed by atoms with Crippen LogP contribution in [0, 0.1) is 13.8 Å². The summed E-state index contributed by atoms with van der Waals surface area (Å²) in [6.45, 7) is 6.44. The Bertz CT molecular complexity index is 1060. The summed E-state index contributed by atoms with van der Waals surface area (Å²) in [6.07, 6.45) is 3.13. The molecule has 7 heteroatoms. The highest BCUT2D eigenvalue weighted by molar-refractivity contribution is 7.89. The van der Waals surface area contributed by atoms with Crippen molar-refractivity contribution in [1.29, 1.82) is 0 Å². The highest BCUT2D eigenvalue weighted by Crippen LogP contribution is 2.29. The lowest BCUT2D eigenvalue weighted by molar-refractivity contribution is -0.895. The summed E-state index contributed by atoms with van der Waals surface area (Å²) in [6, 6.07) is 13.7. The van der Waals surface area contributed by atoms with Gasteiger partial charge in [-0.1, -0.05) is 30.3 Å². The van der Waals surface area contributed by atoms with E-state index in [1.54, 1.807) is 16.4 Å². The number of carbonyl (C=O) groups is 1. The van der Waals surface area contributed by atoms with Gasteiger partial charge in [-0.05, 0) is 67.5 Å². The van der Waals surface area contributed by atoms with E-state index in [1.807, 2.05) is 26.0 Å². The standard InChI is InChI=1S/C24H31N3O3S/c1-18-10-11-21(16-19(18)2)31(29,30)27-14-12-26(13-15-27)17-24(28)25-23-9-5-7-20-6-3-4-8-22(20)23/h3-4,6,8,10-11,16,23H,5,7,9,12-15,17H2,1-2H3,(H,25,28)/p+1/t23-/m1/s1. The summed E-state index contributed by atoms with van der Waals surface area (Å²) >= 11 is 0. The van der Waals surface area contributed by atoms with E-state index in [9.17, 15) is 13.2 Å².